The number of carbonyl (C=O) groups is 3. The SMILES string of the molecule is NCC(=O)NCC(=O)Nc1ccc(Cl)c(C(N)=O)c1. The zero-order valence-corrected chi connectivity index (χ0v) is 10.7. The maximum absolute atomic E-state index is 11.5. The second kappa shape index (κ2) is 6.72. The van der Waals surface area contributed by atoms with Gasteiger partial charge in [-0.05, 0) is 18.2 Å². The highest BCUT2D eigenvalue weighted by atomic mass is 35.5. The summed E-state index contributed by atoms with van der Waals surface area (Å²) < 4.78 is 0. The van der Waals surface area contributed by atoms with Crippen LogP contribution in [0.15, 0.2) is 18.2 Å². The predicted octanol–water partition coefficient (Wildman–Crippen LogP) is -0.548. The minimum Gasteiger partial charge on any atom is -0.366 e. The lowest BCUT2D eigenvalue weighted by Crippen LogP contribution is -2.36. The monoisotopic (exact) mass is 284 g/mol. The van der Waals surface area contributed by atoms with E-state index in [-0.39, 0.29) is 23.7 Å². The summed E-state index contributed by atoms with van der Waals surface area (Å²) in [4.78, 5) is 33.4. The van der Waals surface area contributed by atoms with E-state index in [1.807, 2.05) is 0 Å². The Balaban J connectivity index is 2.67. The van der Waals surface area contributed by atoms with Gasteiger partial charge in [-0.2, -0.15) is 0 Å². The van der Waals surface area contributed by atoms with E-state index in [0.717, 1.165) is 0 Å². The van der Waals surface area contributed by atoms with Gasteiger partial charge in [0.2, 0.25) is 17.7 Å². The van der Waals surface area contributed by atoms with Crippen molar-refractivity contribution in [3.8, 4) is 0 Å². The number of benzene rings is 1. The average molecular weight is 285 g/mol. The van der Waals surface area contributed by atoms with Crippen molar-refractivity contribution < 1.29 is 14.4 Å². The highest BCUT2D eigenvalue weighted by molar-refractivity contribution is 6.34. The Morgan fingerprint density at radius 3 is 2.47 bits per heavy atom. The fraction of sp³-hybridized carbons (Fsp3) is 0.182. The molecule has 102 valence electrons. The summed E-state index contributed by atoms with van der Waals surface area (Å²) in [7, 11) is 0. The molecule has 3 amide bonds. The molecule has 0 saturated heterocycles. The van der Waals surface area contributed by atoms with Gasteiger partial charge in [-0.25, -0.2) is 0 Å². The summed E-state index contributed by atoms with van der Waals surface area (Å²) in [5, 5.41) is 4.99. The van der Waals surface area contributed by atoms with E-state index in [2.05, 4.69) is 10.6 Å². The van der Waals surface area contributed by atoms with Crippen molar-refractivity contribution in [1.29, 1.82) is 0 Å². The molecular weight excluding hydrogens is 272 g/mol. The number of anilines is 1. The summed E-state index contributed by atoms with van der Waals surface area (Å²) in [5.74, 6) is -1.60. The molecule has 0 atom stereocenters. The molecule has 8 heteroatoms. The standard InChI is InChI=1S/C11H13ClN4O3/c12-8-2-1-6(3-7(8)11(14)19)16-10(18)5-15-9(17)4-13/h1-3H,4-5,13H2,(H2,14,19)(H,15,17)(H,16,18). The van der Waals surface area contributed by atoms with Crippen LogP contribution in [-0.2, 0) is 9.59 Å². The number of carbonyl (C=O) groups excluding carboxylic acids is 3. The van der Waals surface area contributed by atoms with Crippen molar-refractivity contribution in [2.24, 2.45) is 11.5 Å². The Kier molecular flexibility index (Phi) is 5.28. The highest BCUT2D eigenvalue weighted by Crippen LogP contribution is 2.19. The number of hydrogen-bond donors (Lipinski definition) is 4. The van der Waals surface area contributed by atoms with Crippen molar-refractivity contribution in [2.75, 3.05) is 18.4 Å². The van der Waals surface area contributed by atoms with Crippen LogP contribution in [0.25, 0.3) is 0 Å². The topological polar surface area (TPSA) is 127 Å². The van der Waals surface area contributed by atoms with Crippen LogP contribution in [0.1, 0.15) is 10.4 Å². The van der Waals surface area contributed by atoms with Crippen LogP contribution in [0.4, 0.5) is 5.69 Å². The molecule has 0 aromatic heterocycles. The van der Waals surface area contributed by atoms with Crippen molar-refractivity contribution in [2.45, 2.75) is 0 Å². The molecule has 0 aliphatic carbocycles. The Labute approximate surface area is 114 Å². The molecule has 0 aliphatic heterocycles. The average Bonchev–Trinajstić information content (AvgIpc) is 2.37. The van der Waals surface area contributed by atoms with Crippen molar-refractivity contribution in [3.05, 3.63) is 28.8 Å². The van der Waals surface area contributed by atoms with Gasteiger partial charge in [-0.15, -0.1) is 0 Å². The third-order valence-electron chi connectivity index (χ3n) is 2.15. The maximum Gasteiger partial charge on any atom is 0.250 e. The van der Waals surface area contributed by atoms with Gasteiger partial charge in [0.15, 0.2) is 0 Å². The quantitative estimate of drug-likeness (QED) is 0.578. The molecule has 0 fully saturated rings. The van der Waals surface area contributed by atoms with Gasteiger partial charge in [-0.1, -0.05) is 11.6 Å². The normalized spacial score (nSPS) is 9.79. The molecule has 19 heavy (non-hydrogen) atoms. The number of hydrogen-bond acceptors (Lipinski definition) is 4. The number of nitrogens with one attached hydrogen (secondary N) is 2. The summed E-state index contributed by atoms with van der Waals surface area (Å²) >= 11 is 5.76. The van der Waals surface area contributed by atoms with Crippen LogP contribution in [-0.4, -0.2) is 30.8 Å². The van der Waals surface area contributed by atoms with Crippen molar-refractivity contribution in [3.63, 3.8) is 0 Å². The van der Waals surface area contributed by atoms with E-state index in [4.69, 9.17) is 23.1 Å². The number of primary amides is 1. The molecule has 1 rings (SSSR count). The number of halogens is 1. The first-order valence-electron chi connectivity index (χ1n) is 5.30. The molecule has 7 nitrogen and oxygen atoms in total. The zero-order chi connectivity index (χ0) is 14.4. The van der Waals surface area contributed by atoms with Gasteiger partial charge in [0.1, 0.15) is 0 Å². The molecule has 0 saturated carbocycles. The first-order chi connectivity index (χ1) is 8.93. The lowest BCUT2D eigenvalue weighted by Gasteiger charge is -2.08. The molecular formula is C11H13ClN4O3. The van der Waals surface area contributed by atoms with Crippen LogP contribution in [0.3, 0.4) is 0 Å². The molecule has 0 radical (unpaired) electrons. The first-order valence-corrected chi connectivity index (χ1v) is 5.67. The van der Waals surface area contributed by atoms with Gasteiger partial charge in [-0.3, -0.25) is 14.4 Å². The van der Waals surface area contributed by atoms with E-state index >= 15 is 0 Å². The number of nitrogens with two attached hydrogens (primary N) is 2. The molecule has 0 unspecified atom stereocenters. The van der Waals surface area contributed by atoms with E-state index in [1.165, 1.54) is 18.2 Å². The van der Waals surface area contributed by atoms with Crippen LogP contribution >= 0.6 is 11.6 Å². The van der Waals surface area contributed by atoms with Gasteiger partial charge in [0.05, 0.1) is 23.7 Å². The Bertz CT molecular complexity index is 519. The third-order valence-corrected chi connectivity index (χ3v) is 2.48. The minimum absolute atomic E-state index is 0.102. The van der Waals surface area contributed by atoms with Gasteiger partial charge in [0, 0.05) is 5.69 Å². The maximum atomic E-state index is 11.5. The van der Waals surface area contributed by atoms with E-state index in [0.29, 0.717) is 5.69 Å². The van der Waals surface area contributed by atoms with Crippen LogP contribution in [0.5, 0.6) is 0 Å². The molecule has 1 aromatic carbocycles. The van der Waals surface area contributed by atoms with Gasteiger partial charge in [0.25, 0.3) is 0 Å². The summed E-state index contributed by atoms with van der Waals surface area (Å²) in [6.45, 7) is -0.412. The Hall–Kier alpha value is -2.12. The van der Waals surface area contributed by atoms with Gasteiger partial charge < -0.3 is 22.1 Å². The Morgan fingerprint density at radius 1 is 1.21 bits per heavy atom. The molecule has 1 aromatic rings. The molecule has 0 spiro atoms. The largest absolute Gasteiger partial charge is 0.366 e. The van der Waals surface area contributed by atoms with Crippen LogP contribution < -0.4 is 22.1 Å². The smallest absolute Gasteiger partial charge is 0.250 e. The molecule has 0 heterocycles. The molecule has 6 N–H and O–H groups in total. The highest BCUT2D eigenvalue weighted by Gasteiger charge is 2.09. The van der Waals surface area contributed by atoms with Crippen molar-refractivity contribution in [1.82, 2.24) is 5.32 Å². The first kappa shape index (κ1) is 14.9. The third kappa shape index (κ3) is 4.57. The summed E-state index contributed by atoms with van der Waals surface area (Å²) in [5.41, 5.74) is 10.6. The number of amides is 3. The van der Waals surface area contributed by atoms with Crippen LogP contribution in [0.2, 0.25) is 5.02 Å². The van der Waals surface area contributed by atoms with Crippen molar-refractivity contribution >= 4 is 35.0 Å². The second-order valence-electron chi connectivity index (χ2n) is 3.59. The van der Waals surface area contributed by atoms with E-state index in [1.54, 1.807) is 0 Å². The minimum atomic E-state index is -0.697. The second-order valence-corrected chi connectivity index (χ2v) is 4.00. The van der Waals surface area contributed by atoms with Crippen LogP contribution in [0, 0.1) is 0 Å². The summed E-state index contributed by atoms with van der Waals surface area (Å²) in [6, 6.07) is 4.31. The summed E-state index contributed by atoms with van der Waals surface area (Å²) in [6.07, 6.45) is 0. The lowest BCUT2D eigenvalue weighted by atomic mass is 10.2. The fourth-order valence-corrected chi connectivity index (χ4v) is 1.46. The van der Waals surface area contributed by atoms with Gasteiger partial charge >= 0.3 is 0 Å². The zero-order valence-electron chi connectivity index (χ0n) is 9.90. The fourth-order valence-electron chi connectivity index (χ4n) is 1.25. The number of rotatable bonds is 5. The van der Waals surface area contributed by atoms with E-state index in [9.17, 15) is 14.4 Å². The molecule has 0 bridgehead atoms. The lowest BCUT2D eigenvalue weighted by molar-refractivity contribution is -0.123. The molecule has 0 aliphatic rings. The predicted molar refractivity (Wildman–Crippen MR) is 70.7 cm³/mol. The Morgan fingerprint density at radius 2 is 1.89 bits per heavy atom. The van der Waals surface area contributed by atoms with E-state index < -0.39 is 17.7 Å².